The highest BCUT2D eigenvalue weighted by Gasteiger charge is 2.39. The maximum absolute atomic E-state index is 12.9. The molecule has 206 valence electrons. The number of hydrogen-bond donors (Lipinski definition) is 3. The van der Waals surface area contributed by atoms with E-state index in [4.69, 9.17) is 36.1 Å². The van der Waals surface area contributed by atoms with Crippen LogP contribution < -0.4 is 11.1 Å². The summed E-state index contributed by atoms with van der Waals surface area (Å²) < 4.78 is 45.0. The lowest BCUT2D eigenvalue weighted by molar-refractivity contribution is -0.139. The van der Waals surface area contributed by atoms with E-state index in [9.17, 15) is 18.0 Å². The van der Waals surface area contributed by atoms with Crippen molar-refractivity contribution in [2.75, 3.05) is 33.5 Å². The fraction of sp³-hybridized carbons (Fsp3) is 0.308. The number of rotatable bonds is 9. The van der Waals surface area contributed by atoms with Crippen LogP contribution in [-0.4, -0.2) is 58.4 Å². The lowest BCUT2D eigenvalue weighted by Crippen LogP contribution is -2.35. The molecule has 0 spiro atoms. The number of hydrogen-bond acceptors (Lipinski definition) is 9. The summed E-state index contributed by atoms with van der Waals surface area (Å²) >= 11 is 6.42. The Morgan fingerprint density at radius 1 is 1.05 bits per heavy atom. The summed E-state index contributed by atoms with van der Waals surface area (Å²) in [6.07, 6.45) is 0. The van der Waals surface area contributed by atoms with Crippen LogP contribution in [-0.2, 0) is 33.9 Å². The molecule has 3 rings (SSSR count). The second kappa shape index (κ2) is 14.6. The van der Waals surface area contributed by atoms with E-state index in [1.165, 1.54) is 19.2 Å². The maximum Gasteiger partial charge on any atom is 0.336 e. The molecule has 1 heterocycles. The molecule has 1 aliphatic rings. The van der Waals surface area contributed by atoms with Gasteiger partial charge in [0.05, 0.1) is 54.6 Å². The zero-order valence-electron chi connectivity index (χ0n) is 21.3. The average Bonchev–Trinajstić information content (AvgIpc) is 2.89. The fourth-order valence-electron chi connectivity index (χ4n) is 3.71. The van der Waals surface area contributed by atoms with Gasteiger partial charge in [0.15, 0.2) is 0 Å². The third-order valence-corrected chi connectivity index (χ3v) is 6.52. The quantitative estimate of drug-likeness (QED) is 0.178. The van der Waals surface area contributed by atoms with Crippen LogP contribution in [0.1, 0.15) is 25.3 Å². The van der Waals surface area contributed by atoms with Crippen molar-refractivity contribution in [1.82, 2.24) is 5.32 Å². The molecule has 0 bridgehead atoms. The van der Waals surface area contributed by atoms with Gasteiger partial charge in [-0.15, -0.1) is 0 Å². The number of carbonyl (C=O) groups excluding carboxylic acids is 2. The molecule has 38 heavy (non-hydrogen) atoms. The van der Waals surface area contributed by atoms with Crippen molar-refractivity contribution in [1.29, 1.82) is 0 Å². The van der Waals surface area contributed by atoms with Crippen molar-refractivity contribution in [2.24, 2.45) is 5.73 Å². The summed E-state index contributed by atoms with van der Waals surface area (Å²) in [5, 5.41) is 3.52. The lowest BCUT2D eigenvalue weighted by atomic mass is 9.82. The van der Waals surface area contributed by atoms with Gasteiger partial charge in [-0.25, -0.2) is 9.59 Å². The maximum atomic E-state index is 12.9. The highest BCUT2D eigenvalue weighted by molar-refractivity contribution is 7.85. The fourth-order valence-corrected chi connectivity index (χ4v) is 4.46. The zero-order chi connectivity index (χ0) is 28.3. The highest BCUT2D eigenvalue weighted by atomic mass is 35.5. The molecule has 1 unspecified atom stereocenters. The van der Waals surface area contributed by atoms with Crippen molar-refractivity contribution in [3.63, 3.8) is 0 Å². The Bertz CT molecular complexity index is 1290. The average molecular weight is 568 g/mol. The van der Waals surface area contributed by atoms with Gasteiger partial charge >= 0.3 is 11.9 Å². The molecule has 0 fully saturated rings. The summed E-state index contributed by atoms with van der Waals surface area (Å²) in [6.45, 7) is 4.42. The first kappa shape index (κ1) is 31.0. The molecular formula is C26H31ClN2O8S. The van der Waals surface area contributed by atoms with Crippen LogP contribution in [0.25, 0.3) is 0 Å². The largest absolute Gasteiger partial charge is 0.466 e. The Morgan fingerprint density at radius 3 is 2.21 bits per heavy atom. The van der Waals surface area contributed by atoms with E-state index >= 15 is 0 Å². The van der Waals surface area contributed by atoms with E-state index in [0.29, 0.717) is 40.7 Å². The van der Waals surface area contributed by atoms with Crippen molar-refractivity contribution >= 4 is 33.7 Å². The van der Waals surface area contributed by atoms with Gasteiger partial charge in [0.25, 0.3) is 10.1 Å². The number of esters is 2. The van der Waals surface area contributed by atoms with Gasteiger partial charge in [-0.2, -0.15) is 8.42 Å². The molecule has 4 N–H and O–H groups in total. The lowest BCUT2D eigenvalue weighted by Gasteiger charge is -2.31. The smallest absolute Gasteiger partial charge is 0.336 e. The van der Waals surface area contributed by atoms with Gasteiger partial charge < -0.3 is 25.3 Å². The third-order valence-electron chi connectivity index (χ3n) is 5.31. The van der Waals surface area contributed by atoms with E-state index < -0.39 is 28.0 Å². The van der Waals surface area contributed by atoms with E-state index in [0.717, 1.165) is 0 Å². The van der Waals surface area contributed by atoms with E-state index in [1.807, 2.05) is 0 Å². The number of halogens is 1. The molecular weight excluding hydrogens is 537 g/mol. The Labute approximate surface area is 227 Å². The van der Waals surface area contributed by atoms with Crippen LogP contribution in [0.15, 0.2) is 82.0 Å². The predicted octanol–water partition coefficient (Wildman–Crippen LogP) is 3.20. The molecule has 10 nitrogen and oxygen atoms in total. The Kier molecular flexibility index (Phi) is 11.9. The minimum absolute atomic E-state index is 0.0741. The van der Waals surface area contributed by atoms with Crippen LogP contribution in [0.5, 0.6) is 0 Å². The van der Waals surface area contributed by atoms with Gasteiger partial charge in [0.2, 0.25) is 0 Å². The molecule has 2 aromatic carbocycles. The van der Waals surface area contributed by atoms with E-state index in [1.54, 1.807) is 56.3 Å². The molecule has 0 aliphatic carbocycles. The van der Waals surface area contributed by atoms with Crippen molar-refractivity contribution < 1.29 is 36.8 Å². The van der Waals surface area contributed by atoms with Crippen LogP contribution >= 0.6 is 11.6 Å². The molecule has 0 saturated heterocycles. The van der Waals surface area contributed by atoms with Gasteiger partial charge in [0.1, 0.15) is 0 Å². The van der Waals surface area contributed by atoms with Gasteiger partial charge in [-0.1, -0.05) is 48.0 Å². The number of methoxy groups -OCH3 is 1. The number of allylic oxidation sites excluding steroid dienone is 1. The van der Waals surface area contributed by atoms with Crippen LogP contribution in [0.4, 0.5) is 0 Å². The second-order valence-electron chi connectivity index (χ2n) is 7.85. The number of nitrogens with one attached hydrogen (secondary N) is 1. The first-order chi connectivity index (χ1) is 18.1. The second-order valence-corrected chi connectivity index (χ2v) is 9.68. The van der Waals surface area contributed by atoms with Crippen LogP contribution in [0.2, 0.25) is 5.02 Å². The Hall–Kier alpha value is -3.22. The first-order valence-corrected chi connectivity index (χ1v) is 13.4. The monoisotopic (exact) mass is 567 g/mol. The van der Waals surface area contributed by atoms with Crippen molar-refractivity contribution in [3.8, 4) is 0 Å². The van der Waals surface area contributed by atoms with Crippen molar-refractivity contribution in [3.05, 3.63) is 87.7 Å². The van der Waals surface area contributed by atoms with E-state index in [-0.39, 0.29) is 23.7 Å². The Morgan fingerprint density at radius 2 is 1.68 bits per heavy atom. The normalized spacial score (nSPS) is 15.3. The number of ether oxygens (including phenoxy) is 3. The predicted molar refractivity (Wildman–Crippen MR) is 142 cm³/mol. The molecule has 0 amide bonds. The number of carbonyl (C=O) groups is 2. The minimum Gasteiger partial charge on any atom is -0.466 e. The van der Waals surface area contributed by atoms with Crippen LogP contribution in [0.3, 0.4) is 0 Å². The number of dihydropyridines is 1. The molecule has 1 atom stereocenters. The molecule has 2 aromatic rings. The summed E-state index contributed by atoms with van der Waals surface area (Å²) in [4.78, 5) is 25.4. The summed E-state index contributed by atoms with van der Waals surface area (Å²) in [5.74, 6) is -1.86. The van der Waals surface area contributed by atoms with E-state index in [2.05, 4.69) is 5.32 Å². The summed E-state index contributed by atoms with van der Waals surface area (Å²) in [6, 6.07) is 14.5. The molecule has 0 saturated carbocycles. The number of nitrogens with two attached hydrogens (primary N) is 1. The SMILES string of the molecule is CCOC(=O)C1=C(COCCN)NC(C)=C([13C](=O)OC)C1c1ccccc1Cl.O=S(=O)(O)c1ccccc1. The standard InChI is InChI=1S/C20H25ClN2O5.C6H6O3S/c1-4-28-20(25)18-15(11-27-10-9-22)23-12(2)16(19(24)26-3)17(18)13-7-5-6-8-14(13)21;7-10(8,9)6-4-2-1-3-5-6/h5-8,17,23H,4,9-11,22H2,1-3H3;1-5H,(H,7,8,9)/i19+1;. The minimum atomic E-state index is -4.00. The van der Waals surface area contributed by atoms with Gasteiger partial charge in [-0.3, -0.25) is 4.55 Å². The zero-order valence-corrected chi connectivity index (χ0v) is 22.8. The molecule has 12 heteroatoms. The first-order valence-electron chi connectivity index (χ1n) is 11.6. The topological polar surface area (TPSA) is 154 Å². The summed E-state index contributed by atoms with van der Waals surface area (Å²) in [7, 11) is -2.71. The highest BCUT2D eigenvalue weighted by Crippen LogP contribution is 2.41. The molecule has 0 aromatic heterocycles. The Balaban J connectivity index is 0.000000423. The van der Waals surface area contributed by atoms with Crippen molar-refractivity contribution in [2.45, 2.75) is 24.7 Å². The van der Waals surface area contributed by atoms with Gasteiger partial charge in [-0.05, 0) is 37.6 Å². The number of benzene rings is 2. The molecule has 1 aliphatic heterocycles. The summed E-state index contributed by atoms with van der Waals surface area (Å²) in [5.41, 5.74) is 7.70. The van der Waals surface area contributed by atoms with Gasteiger partial charge in [0, 0.05) is 17.3 Å². The van der Waals surface area contributed by atoms with Crippen LogP contribution in [0, 0.1) is 0 Å². The third kappa shape index (κ3) is 8.14. The molecule has 0 radical (unpaired) electrons.